The first-order chi connectivity index (χ1) is 15.0. The van der Waals surface area contributed by atoms with Crippen LogP contribution in [0.5, 0.6) is 0 Å². The van der Waals surface area contributed by atoms with Gasteiger partial charge in [-0.2, -0.15) is 13.2 Å². The first kappa shape index (κ1) is 25.2. The number of rotatable bonds is 9. The molecule has 2 rings (SSSR count). The highest BCUT2D eigenvalue weighted by Gasteiger charge is 2.30. The number of nitrogens with one attached hydrogen (secondary N) is 1. The molecule has 174 valence electrons. The summed E-state index contributed by atoms with van der Waals surface area (Å²) >= 11 is 0. The summed E-state index contributed by atoms with van der Waals surface area (Å²) in [5, 5.41) is 2.82. The number of hydrogen-bond donors (Lipinski definition) is 1. The standard InChI is InChI=1S/C23H26F3NO5/c1-22(2,3)32-20(28)11-12-30-13-14-31-21(29)18-9-4-5-10-19(18)27-17-8-6-7-16(15-17)23(24,25)26/h4-10,15,27H,11-14H2,1-3H3. The monoisotopic (exact) mass is 453 g/mol. The van der Waals surface area contributed by atoms with Crippen molar-refractivity contribution in [3.05, 3.63) is 59.7 Å². The Morgan fingerprint density at radius 1 is 0.938 bits per heavy atom. The van der Waals surface area contributed by atoms with Gasteiger partial charge in [-0.25, -0.2) is 4.79 Å². The summed E-state index contributed by atoms with van der Waals surface area (Å²) in [4.78, 5) is 24.0. The van der Waals surface area contributed by atoms with Crippen LogP contribution >= 0.6 is 0 Å². The van der Waals surface area contributed by atoms with E-state index in [1.807, 2.05) is 0 Å². The van der Waals surface area contributed by atoms with Crippen molar-refractivity contribution in [2.45, 2.75) is 39.0 Å². The molecule has 0 atom stereocenters. The molecule has 0 saturated carbocycles. The summed E-state index contributed by atoms with van der Waals surface area (Å²) in [5.41, 5.74) is -0.708. The van der Waals surface area contributed by atoms with Crippen LogP contribution in [0.2, 0.25) is 0 Å². The molecule has 6 nitrogen and oxygen atoms in total. The zero-order valence-corrected chi connectivity index (χ0v) is 18.1. The third kappa shape index (κ3) is 8.58. The van der Waals surface area contributed by atoms with E-state index in [9.17, 15) is 22.8 Å². The van der Waals surface area contributed by atoms with Crippen LogP contribution in [0.4, 0.5) is 24.5 Å². The number of esters is 2. The maximum Gasteiger partial charge on any atom is 0.416 e. The quantitative estimate of drug-likeness (QED) is 0.407. The number of anilines is 2. The summed E-state index contributed by atoms with van der Waals surface area (Å²) < 4.78 is 54.4. The average Bonchev–Trinajstić information content (AvgIpc) is 2.69. The van der Waals surface area contributed by atoms with Crippen LogP contribution in [0, 0.1) is 0 Å². The highest BCUT2D eigenvalue weighted by atomic mass is 19.4. The van der Waals surface area contributed by atoms with Crippen molar-refractivity contribution in [1.29, 1.82) is 0 Å². The second-order valence-corrected chi connectivity index (χ2v) is 7.83. The smallest absolute Gasteiger partial charge is 0.416 e. The van der Waals surface area contributed by atoms with Crippen molar-refractivity contribution in [3.63, 3.8) is 0 Å². The molecule has 32 heavy (non-hydrogen) atoms. The van der Waals surface area contributed by atoms with Gasteiger partial charge in [-0.05, 0) is 51.1 Å². The Labute approximate surface area is 184 Å². The maximum atomic E-state index is 12.9. The highest BCUT2D eigenvalue weighted by Crippen LogP contribution is 2.32. The fourth-order valence-electron chi connectivity index (χ4n) is 2.62. The molecule has 0 bridgehead atoms. The average molecular weight is 453 g/mol. The number of hydrogen-bond acceptors (Lipinski definition) is 6. The largest absolute Gasteiger partial charge is 0.460 e. The number of halogens is 3. The van der Waals surface area contributed by atoms with Crippen LogP contribution in [0.3, 0.4) is 0 Å². The predicted molar refractivity (Wildman–Crippen MR) is 113 cm³/mol. The SMILES string of the molecule is CC(C)(C)OC(=O)CCOCCOC(=O)c1ccccc1Nc1cccc(C(F)(F)F)c1. The van der Waals surface area contributed by atoms with E-state index in [0.717, 1.165) is 12.1 Å². The van der Waals surface area contributed by atoms with Crippen LogP contribution in [-0.4, -0.2) is 37.4 Å². The Bertz CT molecular complexity index is 922. The summed E-state index contributed by atoms with van der Waals surface area (Å²) in [6, 6.07) is 11.0. The van der Waals surface area contributed by atoms with Crippen molar-refractivity contribution in [1.82, 2.24) is 0 Å². The molecule has 0 aliphatic rings. The van der Waals surface area contributed by atoms with E-state index < -0.39 is 23.3 Å². The Morgan fingerprint density at radius 2 is 1.66 bits per heavy atom. The lowest BCUT2D eigenvalue weighted by Gasteiger charge is -2.19. The number of carbonyl (C=O) groups excluding carboxylic acids is 2. The molecule has 0 aliphatic heterocycles. The number of carbonyl (C=O) groups is 2. The van der Waals surface area contributed by atoms with Crippen LogP contribution in [0.25, 0.3) is 0 Å². The van der Waals surface area contributed by atoms with E-state index in [2.05, 4.69) is 5.32 Å². The van der Waals surface area contributed by atoms with Crippen molar-refractivity contribution in [2.24, 2.45) is 0 Å². The van der Waals surface area contributed by atoms with Gasteiger partial charge in [-0.3, -0.25) is 4.79 Å². The van der Waals surface area contributed by atoms with E-state index >= 15 is 0 Å². The third-order valence-electron chi connectivity index (χ3n) is 3.95. The van der Waals surface area contributed by atoms with Gasteiger partial charge >= 0.3 is 18.1 Å². The first-order valence-electron chi connectivity index (χ1n) is 9.96. The van der Waals surface area contributed by atoms with E-state index in [1.54, 1.807) is 39.0 Å². The van der Waals surface area contributed by atoms with Crippen molar-refractivity contribution in [3.8, 4) is 0 Å². The van der Waals surface area contributed by atoms with Crippen molar-refractivity contribution in [2.75, 3.05) is 25.1 Å². The molecule has 0 aromatic heterocycles. The molecule has 0 unspecified atom stereocenters. The molecular weight excluding hydrogens is 427 g/mol. The van der Waals surface area contributed by atoms with E-state index in [4.69, 9.17) is 14.2 Å². The summed E-state index contributed by atoms with van der Waals surface area (Å²) in [5.74, 6) is -1.04. The van der Waals surface area contributed by atoms with E-state index in [-0.39, 0.29) is 43.5 Å². The summed E-state index contributed by atoms with van der Waals surface area (Å²) in [6.45, 7) is 5.46. The van der Waals surface area contributed by atoms with Crippen LogP contribution in [-0.2, 0) is 25.2 Å². The fraction of sp³-hybridized carbons (Fsp3) is 0.391. The lowest BCUT2D eigenvalue weighted by molar-refractivity contribution is -0.156. The number of benzene rings is 2. The molecule has 0 amide bonds. The first-order valence-corrected chi connectivity index (χ1v) is 9.96. The molecular formula is C23H26F3NO5. The van der Waals surface area contributed by atoms with Gasteiger partial charge in [0.1, 0.15) is 12.2 Å². The second-order valence-electron chi connectivity index (χ2n) is 7.83. The van der Waals surface area contributed by atoms with Gasteiger partial charge in [-0.15, -0.1) is 0 Å². The molecule has 1 N–H and O–H groups in total. The van der Waals surface area contributed by atoms with Gasteiger partial charge in [0.2, 0.25) is 0 Å². The number of alkyl halides is 3. The zero-order chi connectivity index (χ0) is 23.8. The molecule has 0 radical (unpaired) electrons. The maximum absolute atomic E-state index is 12.9. The van der Waals surface area contributed by atoms with Gasteiger partial charge < -0.3 is 19.5 Å². The van der Waals surface area contributed by atoms with Crippen molar-refractivity contribution >= 4 is 23.3 Å². The van der Waals surface area contributed by atoms with Gasteiger partial charge in [0, 0.05) is 5.69 Å². The van der Waals surface area contributed by atoms with Gasteiger partial charge in [-0.1, -0.05) is 18.2 Å². The predicted octanol–water partition coefficient (Wildman–Crippen LogP) is 5.35. The molecule has 0 saturated heterocycles. The molecule has 0 spiro atoms. The topological polar surface area (TPSA) is 73.9 Å². The molecule has 0 heterocycles. The van der Waals surface area contributed by atoms with Crippen LogP contribution < -0.4 is 5.32 Å². The molecule has 2 aromatic rings. The highest BCUT2D eigenvalue weighted by molar-refractivity contribution is 5.96. The normalized spacial score (nSPS) is 11.7. The molecule has 9 heteroatoms. The molecule has 0 aliphatic carbocycles. The molecule has 2 aromatic carbocycles. The third-order valence-corrected chi connectivity index (χ3v) is 3.95. The van der Waals surface area contributed by atoms with E-state index in [1.165, 1.54) is 18.2 Å². The zero-order valence-electron chi connectivity index (χ0n) is 18.1. The second kappa shape index (κ2) is 11.0. The Morgan fingerprint density at radius 3 is 2.34 bits per heavy atom. The number of ether oxygens (including phenoxy) is 3. The minimum Gasteiger partial charge on any atom is -0.460 e. The fourth-order valence-corrected chi connectivity index (χ4v) is 2.62. The number of para-hydroxylation sites is 1. The minimum atomic E-state index is -4.47. The lowest BCUT2D eigenvalue weighted by atomic mass is 10.1. The Kier molecular flexibility index (Phi) is 8.65. The van der Waals surface area contributed by atoms with Crippen molar-refractivity contribution < 1.29 is 37.0 Å². The Balaban J connectivity index is 1.86. The Hall–Kier alpha value is -3.07. The van der Waals surface area contributed by atoms with Crippen LogP contribution in [0.1, 0.15) is 43.1 Å². The molecule has 0 fully saturated rings. The summed E-state index contributed by atoms with van der Waals surface area (Å²) in [7, 11) is 0. The van der Waals surface area contributed by atoms with Crippen LogP contribution in [0.15, 0.2) is 48.5 Å². The van der Waals surface area contributed by atoms with Gasteiger partial charge in [0.05, 0.1) is 36.4 Å². The minimum absolute atomic E-state index is 0.0506. The van der Waals surface area contributed by atoms with Gasteiger partial charge in [0.15, 0.2) is 0 Å². The summed E-state index contributed by atoms with van der Waals surface area (Å²) in [6.07, 6.45) is -4.39. The van der Waals surface area contributed by atoms with E-state index in [0.29, 0.717) is 5.69 Å². The lowest BCUT2D eigenvalue weighted by Crippen LogP contribution is -2.24. The van der Waals surface area contributed by atoms with Gasteiger partial charge in [0.25, 0.3) is 0 Å².